The zero-order chi connectivity index (χ0) is 29.2. The smallest absolute Gasteiger partial charge is 0.257 e. The molecular formula is C32H38N6O3S. The number of anilines is 1. The quantitative estimate of drug-likeness (QED) is 0.231. The Kier molecular flexibility index (Phi) is 8.35. The molecule has 2 saturated heterocycles. The number of aryl methyl sites for hydroxylation is 2. The van der Waals surface area contributed by atoms with Gasteiger partial charge in [0, 0.05) is 50.4 Å². The number of thiophene rings is 1. The van der Waals surface area contributed by atoms with Gasteiger partial charge < -0.3 is 19.4 Å². The summed E-state index contributed by atoms with van der Waals surface area (Å²) < 4.78 is 12.7. The molecule has 0 saturated carbocycles. The number of ether oxygens (including phenoxy) is 1. The minimum atomic E-state index is 0.0421. The number of nitrogens with zero attached hydrogens (tertiary/aromatic N) is 5. The molecule has 1 N–H and O–H groups in total. The van der Waals surface area contributed by atoms with Crippen molar-refractivity contribution in [3.05, 3.63) is 53.8 Å². The summed E-state index contributed by atoms with van der Waals surface area (Å²) in [5.74, 6) is 2.40. The van der Waals surface area contributed by atoms with Crippen LogP contribution in [0, 0.1) is 12.8 Å². The minimum absolute atomic E-state index is 0.0421. The van der Waals surface area contributed by atoms with Gasteiger partial charge >= 0.3 is 0 Å². The van der Waals surface area contributed by atoms with E-state index < -0.39 is 0 Å². The topological polar surface area (TPSA) is 106 Å². The van der Waals surface area contributed by atoms with Crippen molar-refractivity contribution in [2.24, 2.45) is 5.92 Å². The predicted octanol–water partition coefficient (Wildman–Crippen LogP) is 6.99. The van der Waals surface area contributed by atoms with Gasteiger partial charge in [0.2, 0.25) is 11.8 Å². The lowest BCUT2D eigenvalue weighted by Crippen LogP contribution is -2.22. The Hall–Kier alpha value is -3.63. The van der Waals surface area contributed by atoms with Crippen LogP contribution in [0.5, 0.6) is 0 Å². The van der Waals surface area contributed by atoms with Crippen LogP contribution in [0.2, 0.25) is 0 Å². The summed E-state index contributed by atoms with van der Waals surface area (Å²) >= 11 is 1.64. The van der Waals surface area contributed by atoms with Crippen molar-refractivity contribution >= 4 is 33.1 Å². The second kappa shape index (κ2) is 12.3. The van der Waals surface area contributed by atoms with Crippen molar-refractivity contribution in [3.63, 3.8) is 0 Å². The van der Waals surface area contributed by atoms with Crippen LogP contribution in [0.4, 0.5) is 5.82 Å². The lowest BCUT2D eigenvalue weighted by molar-refractivity contribution is 0.0639. The summed E-state index contributed by atoms with van der Waals surface area (Å²) in [4.78, 5) is 26.7. The largest absolute Gasteiger partial charge is 0.421 e. The summed E-state index contributed by atoms with van der Waals surface area (Å²) in [6, 6.07) is 4.21. The van der Waals surface area contributed by atoms with Crippen molar-refractivity contribution in [1.82, 2.24) is 25.1 Å². The van der Waals surface area contributed by atoms with Gasteiger partial charge in [-0.25, -0.2) is 4.98 Å². The number of hydrogen-bond acceptors (Lipinski definition) is 9. The Morgan fingerprint density at radius 1 is 1.19 bits per heavy atom. The molecule has 42 heavy (non-hydrogen) atoms. The highest BCUT2D eigenvalue weighted by Gasteiger charge is 2.45. The average Bonchev–Trinajstić information content (AvgIpc) is 3.82. The molecule has 3 aliphatic heterocycles. The van der Waals surface area contributed by atoms with Gasteiger partial charge in [0.05, 0.1) is 33.3 Å². The molecule has 9 nitrogen and oxygen atoms in total. The fourth-order valence-corrected chi connectivity index (χ4v) is 7.46. The van der Waals surface area contributed by atoms with Gasteiger partial charge in [0.25, 0.3) is 5.91 Å². The minimum Gasteiger partial charge on any atom is -0.421 e. The van der Waals surface area contributed by atoms with E-state index in [9.17, 15) is 4.79 Å². The molecule has 7 rings (SSSR count). The SMILES string of the molecule is C=CCC.CNc1nccc2cc(-c3c4c(nc(CCC5CCOCC5)c3-c3nnc(C)o3)C3CCCN3C4=O)sc12. The number of fused-ring (bicyclic) bond motifs is 4. The number of amides is 1. The summed E-state index contributed by atoms with van der Waals surface area (Å²) in [6.45, 7) is 9.74. The van der Waals surface area contributed by atoms with E-state index in [1.54, 1.807) is 18.3 Å². The molecule has 10 heteroatoms. The van der Waals surface area contributed by atoms with Gasteiger partial charge in [-0.05, 0) is 68.4 Å². The number of pyridine rings is 2. The van der Waals surface area contributed by atoms with Gasteiger partial charge in [-0.2, -0.15) is 0 Å². The lowest BCUT2D eigenvalue weighted by atomic mass is 9.90. The average molecular weight is 587 g/mol. The van der Waals surface area contributed by atoms with E-state index in [-0.39, 0.29) is 11.9 Å². The highest BCUT2D eigenvalue weighted by atomic mass is 32.1. The van der Waals surface area contributed by atoms with Crippen LogP contribution in [0.1, 0.15) is 79.1 Å². The lowest BCUT2D eigenvalue weighted by Gasteiger charge is -2.22. The molecule has 1 amide bonds. The molecule has 3 aliphatic rings. The van der Waals surface area contributed by atoms with Gasteiger partial charge in [0.15, 0.2) is 0 Å². The molecule has 4 aromatic rings. The maximum absolute atomic E-state index is 13.9. The summed E-state index contributed by atoms with van der Waals surface area (Å²) in [6.07, 6.45) is 10.7. The molecule has 0 bridgehead atoms. The molecule has 2 fully saturated rings. The van der Waals surface area contributed by atoms with Gasteiger partial charge in [0.1, 0.15) is 5.82 Å². The van der Waals surface area contributed by atoms with Crippen LogP contribution in [-0.4, -0.2) is 57.8 Å². The van der Waals surface area contributed by atoms with E-state index in [1.165, 1.54) is 0 Å². The molecule has 1 unspecified atom stereocenters. The van der Waals surface area contributed by atoms with E-state index in [1.807, 2.05) is 30.3 Å². The first-order valence-corrected chi connectivity index (χ1v) is 15.8. The maximum Gasteiger partial charge on any atom is 0.257 e. The highest BCUT2D eigenvalue weighted by molar-refractivity contribution is 7.23. The predicted molar refractivity (Wildman–Crippen MR) is 166 cm³/mol. The van der Waals surface area contributed by atoms with Crippen LogP contribution >= 0.6 is 11.3 Å². The third-order valence-electron chi connectivity index (χ3n) is 8.42. The van der Waals surface area contributed by atoms with Gasteiger partial charge in [-0.15, -0.1) is 28.1 Å². The standard InChI is InChI=1S/C28H30N6O3S.C4H8/c1-15-32-33-27(37-15)21-18(6-5-16-8-12-36-13-9-16)31-24-19-4-3-11-34(19)28(35)23(24)22(21)20-14-17-7-10-30-26(29-2)25(17)38-20;1-3-4-2/h7,10,14,16,19H,3-6,8-9,11-13H2,1-2H3,(H,29,30);3H,1,4H2,2H3. The van der Waals surface area contributed by atoms with Crippen LogP contribution in [0.3, 0.4) is 0 Å². The van der Waals surface area contributed by atoms with E-state index in [0.717, 1.165) is 108 Å². The number of hydrogen-bond donors (Lipinski definition) is 1. The Balaban J connectivity index is 0.000000744. The summed E-state index contributed by atoms with van der Waals surface area (Å²) in [7, 11) is 1.88. The zero-order valence-corrected chi connectivity index (χ0v) is 25.4. The van der Waals surface area contributed by atoms with Crippen molar-refractivity contribution < 1.29 is 13.9 Å². The zero-order valence-electron chi connectivity index (χ0n) is 24.6. The molecular weight excluding hydrogens is 548 g/mol. The van der Waals surface area contributed by atoms with Crippen LogP contribution in [-0.2, 0) is 11.2 Å². The monoisotopic (exact) mass is 586 g/mol. The van der Waals surface area contributed by atoms with E-state index in [4.69, 9.17) is 14.1 Å². The number of carbonyl (C=O) groups excluding carboxylic acids is 1. The van der Waals surface area contributed by atoms with Crippen LogP contribution in [0.15, 0.2) is 35.4 Å². The van der Waals surface area contributed by atoms with Crippen molar-refractivity contribution in [2.75, 3.05) is 32.1 Å². The van der Waals surface area contributed by atoms with Crippen molar-refractivity contribution in [2.45, 2.75) is 64.8 Å². The molecule has 7 heterocycles. The number of rotatable bonds is 7. The summed E-state index contributed by atoms with van der Waals surface area (Å²) in [5, 5.41) is 12.9. The van der Waals surface area contributed by atoms with E-state index in [2.05, 4.69) is 40.1 Å². The van der Waals surface area contributed by atoms with E-state index >= 15 is 0 Å². The molecule has 0 aliphatic carbocycles. The second-order valence-corrected chi connectivity index (χ2v) is 12.1. The van der Waals surface area contributed by atoms with Crippen molar-refractivity contribution in [3.8, 4) is 21.9 Å². The maximum atomic E-state index is 13.9. The van der Waals surface area contributed by atoms with Gasteiger partial charge in [-0.3, -0.25) is 9.78 Å². The van der Waals surface area contributed by atoms with Crippen molar-refractivity contribution in [1.29, 1.82) is 0 Å². The third-order valence-corrected chi connectivity index (χ3v) is 9.59. The Bertz CT molecular complexity index is 1610. The molecule has 0 radical (unpaired) electrons. The first-order valence-electron chi connectivity index (χ1n) is 15.0. The first-order chi connectivity index (χ1) is 20.5. The first kappa shape index (κ1) is 28.5. The molecule has 1 atom stereocenters. The fourth-order valence-electron chi connectivity index (χ4n) is 6.25. The van der Waals surface area contributed by atoms with E-state index in [0.29, 0.717) is 23.3 Å². The number of carbonyl (C=O) groups is 1. The number of nitrogens with one attached hydrogen (secondary N) is 1. The van der Waals surface area contributed by atoms with Gasteiger partial charge in [-0.1, -0.05) is 13.0 Å². The normalized spacial score (nSPS) is 18.1. The molecule has 4 aromatic heterocycles. The third kappa shape index (κ3) is 5.22. The number of allylic oxidation sites excluding steroid dienone is 1. The number of aromatic nitrogens is 4. The Labute approximate surface area is 250 Å². The Morgan fingerprint density at radius 3 is 2.71 bits per heavy atom. The van der Waals surface area contributed by atoms with Crippen LogP contribution < -0.4 is 5.32 Å². The molecule has 220 valence electrons. The molecule has 0 spiro atoms. The molecule has 0 aromatic carbocycles. The fraction of sp³-hybridized carbons (Fsp3) is 0.469. The Morgan fingerprint density at radius 2 is 2.00 bits per heavy atom. The van der Waals surface area contributed by atoms with Crippen LogP contribution in [0.25, 0.3) is 32.0 Å². The summed E-state index contributed by atoms with van der Waals surface area (Å²) in [5.41, 5.74) is 4.23. The second-order valence-electron chi connectivity index (χ2n) is 11.1. The highest BCUT2D eigenvalue weighted by Crippen LogP contribution is 2.50.